The van der Waals surface area contributed by atoms with Gasteiger partial charge in [-0.05, 0) is 49.6 Å². The van der Waals surface area contributed by atoms with E-state index in [1.54, 1.807) is 12.1 Å². The Morgan fingerprint density at radius 2 is 1.89 bits per heavy atom. The molecule has 2 aromatic rings. The molecule has 3 rings (SSSR count). The molecule has 1 aliphatic heterocycles. The molecule has 1 aliphatic rings. The monoisotopic (exact) mass is 389 g/mol. The minimum absolute atomic E-state index is 0.113. The van der Waals surface area contributed by atoms with E-state index < -0.39 is 17.6 Å². The predicted octanol–water partition coefficient (Wildman–Crippen LogP) is 3.75. The maximum Gasteiger partial charge on any atom is 0.250 e. The first kappa shape index (κ1) is 19.2. The topological polar surface area (TPSA) is 75.4 Å². The van der Waals surface area contributed by atoms with Gasteiger partial charge in [0.25, 0.3) is 5.91 Å². The summed E-state index contributed by atoms with van der Waals surface area (Å²) in [6.07, 6.45) is 3.17. The van der Waals surface area contributed by atoms with Gasteiger partial charge in [0.15, 0.2) is 0 Å². The molecule has 1 heterocycles. The van der Waals surface area contributed by atoms with Crippen molar-refractivity contribution in [2.24, 2.45) is 5.73 Å². The highest BCUT2D eigenvalue weighted by Crippen LogP contribution is 2.26. The van der Waals surface area contributed by atoms with Crippen LogP contribution in [0.15, 0.2) is 36.4 Å². The van der Waals surface area contributed by atoms with Crippen LogP contribution in [0.2, 0.25) is 5.02 Å². The molecular formula is C20H21ClFN3O2. The zero-order valence-electron chi connectivity index (χ0n) is 14.8. The molecule has 5 nitrogen and oxygen atoms in total. The fourth-order valence-corrected chi connectivity index (χ4v) is 3.48. The summed E-state index contributed by atoms with van der Waals surface area (Å²) >= 11 is 5.97. The first-order valence-corrected chi connectivity index (χ1v) is 9.25. The van der Waals surface area contributed by atoms with Gasteiger partial charge in [-0.25, -0.2) is 4.39 Å². The molecule has 142 valence electrons. The Kier molecular flexibility index (Phi) is 5.96. The summed E-state index contributed by atoms with van der Waals surface area (Å²) < 4.78 is 13.9. The van der Waals surface area contributed by atoms with E-state index in [4.69, 9.17) is 17.3 Å². The second kappa shape index (κ2) is 8.39. The van der Waals surface area contributed by atoms with E-state index in [-0.39, 0.29) is 22.6 Å². The maximum absolute atomic E-state index is 13.9. The van der Waals surface area contributed by atoms with Gasteiger partial charge in [-0.15, -0.1) is 0 Å². The fraction of sp³-hybridized carbons (Fsp3) is 0.300. The summed E-state index contributed by atoms with van der Waals surface area (Å²) in [4.78, 5) is 26.4. The Hall–Kier alpha value is -2.60. The summed E-state index contributed by atoms with van der Waals surface area (Å²) in [5.41, 5.74) is 7.05. The Balaban J connectivity index is 1.79. The summed E-state index contributed by atoms with van der Waals surface area (Å²) in [5, 5.41) is 2.82. The van der Waals surface area contributed by atoms with Crippen molar-refractivity contribution in [1.29, 1.82) is 0 Å². The van der Waals surface area contributed by atoms with Crippen molar-refractivity contribution in [3.8, 4) is 0 Å². The van der Waals surface area contributed by atoms with E-state index >= 15 is 0 Å². The Morgan fingerprint density at radius 1 is 1.15 bits per heavy atom. The molecule has 0 atom stereocenters. The normalized spacial score (nSPS) is 14.1. The van der Waals surface area contributed by atoms with Crippen molar-refractivity contribution >= 4 is 34.8 Å². The molecule has 1 fully saturated rings. The van der Waals surface area contributed by atoms with Crippen LogP contribution < -0.4 is 16.0 Å². The number of nitrogens with one attached hydrogen (secondary N) is 1. The molecule has 2 aromatic carbocycles. The van der Waals surface area contributed by atoms with Crippen LogP contribution in [0.1, 0.15) is 35.2 Å². The van der Waals surface area contributed by atoms with E-state index in [2.05, 4.69) is 10.2 Å². The number of amides is 2. The lowest BCUT2D eigenvalue weighted by molar-refractivity contribution is -0.115. The average molecular weight is 390 g/mol. The molecule has 7 heteroatoms. The lowest BCUT2D eigenvalue weighted by atomic mass is 10.1. The summed E-state index contributed by atoms with van der Waals surface area (Å²) in [6.45, 7) is 1.85. The summed E-state index contributed by atoms with van der Waals surface area (Å²) in [5.74, 6) is -1.66. The largest absolute Gasteiger partial charge is 0.372 e. The third kappa shape index (κ3) is 4.57. The van der Waals surface area contributed by atoms with Crippen LogP contribution in [0, 0.1) is 5.82 Å². The third-order valence-corrected chi connectivity index (χ3v) is 5.02. The van der Waals surface area contributed by atoms with E-state index in [1.807, 2.05) is 6.07 Å². The highest BCUT2D eigenvalue weighted by atomic mass is 35.5. The highest BCUT2D eigenvalue weighted by molar-refractivity contribution is 6.31. The molecule has 0 aromatic heterocycles. The van der Waals surface area contributed by atoms with Crippen LogP contribution in [0.5, 0.6) is 0 Å². The number of benzene rings is 2. The molecule has 0 saturated carbocycles. The van der Waals surface area contributed by atoms with Crippen LogP contribution >= 0.6 is 11.6 Å². The number of rotatable bonds is 5. The van der Waals surface area contributed by atoms with Crippen molar-refractivity contribution in [3.05, 3.63) is 58.4 Å². The number of piperidine rings is 1. The molecule has 1 saturated heterocycles. The van der Waals surface area contributed by atoms with Gasteiger partial charge >= 0.3 is 0 Å². The van der Waals surface area contributed by atoms with Crippen LogP contribution in [-0.2, 0) is 11.2 Å². The Morgan fingerprint density at radius 3 is 2.56 bits per heavy atom. The number of nitrogens with zero attached hydrogens (tertiary/aromatic N) is 1. The molecule has 0 unspecified atom stereocenters. The van der Waals surface area contributed by atoms with Crippen LogP contribution in [0.4, 0.5) is 15.8 Å². The number of primary amides is 1. The number of hydrogen-bond donors (Lipinski definition) is 2. The summed E-state index contributed by atoms with van der Waals surface area (Å²) in [6, 6.07) is 9.45. The third-order valence-electron chi connectivity index (χ3n) is 4.66. The fourth-order valence-electron chi connectivity index (χ4n) is 3.25. The van der Waals surface area contributed by atoms with Crippen molar-refractivity contribution in [3.63, 3.8) is 0 Å². The average Bonchev–Trinajstić information content (AvgIpc) is 2.65. The number of carbonyl (C=O) groups excluding carboxylic acids is 2. The summed E-state index contributed by atoms with van der Waals surface area (Å²) in [7, 11) is 0. The number of carbonyl (C=O) groups is 2. The second-order valence-electron chi connectivity index (χ2n) is 6.57. The lowest BCUT2D eigenvalue weighted by Crippen LogP contribution is -2.30. The molecule has 0 aliphatic carbocycles. The van der Waals surface area contributed by atoms with Crippen LogP contribution in [-0.4, -0.2) is 24.9 Å². The van der Waals surface area contributed by atoms with E-state index in [0.717, 1.165) is 31.6 Å². The lowest BCUT2D eigenvalue weighted by Gasteiger charge is -2.29. The van der Waals surface area contributed by atoms with Gasteiger partial charge in [-0.3, -0.25) is 9.59 Å². The van der Waals surface area contributed by atoms with Crippen LogP contribution in [0.3, 0.4) is 0 Å². The standard InChI is InChI=1S/C20H21ClFN3O2/c21-16-5-4-6-17(22)14(16)12-19(26)24-18-8-7-13(11-15(18)20(23)27)25-9-2-1-3-10-25/h4-8,11H,1-3,9-10,12H2,(H2,23,27)(H,24,26). The van der Waals surface area contributed by atoms with Gasteiger partial charge in [0.05, 0.1) is 17.7 Å². The Bertz CT molecular complexity index is 846. The van der Waals surface area contributed by atoms with Crippen molar-refractivity contribution in [2.45, 2.75) is 25.7 Å². The van der Waals surface area contributed by atoms with Gasteiger partial charge in [0.1, 0.15) is 5.82 Å². The molecule has 0 bridgehead atoms. The van der Waals surface area contributed by atoms with Crippen LogP contribution in [0.25, 0.3) is 0 Å². The number of nitrogens with two attached hydrogens (primary N) is 1. The highest BCUT2D eigenvalue weighted by Gasteiger charge is 2.18. The van der Waals surface area contributed by atoms with Gasteiger partial charge in [-0.2, -0.15) is 0 Å². The quantitative estimate of drug-likeness (QED) is 0.817. The minimum Gasteiger partial charge on any atom is -0.372 e. The van der Waals surface area contributed by atoms with Crippen molar-refractivity contribution in [1.82, 2.24) is 0 Å². The first-order valence-electron chi connectivity index (χ1n) is 8.87. The van der Waals surface area contributed by atoms with Gasteiger partial charge < -0.3 is 16.0 Å². The van der Waals surface area contributed by atoms with Crippen molar-refractivity contribution in [2.75, 3.05) is 23.3 Å². The zero-order chi connectivity index (χ0) is 19.4. The maximum atomic E-state index is 13.9. The van der Waals surface area contributed by atoms with E-state index in [0.29, 0.717) is 5.69 Å². The molecule has 3 N–H and O–H groups in total. The molecule has 0 radical (unpaired) electrons. The number of anilines is 2. The number of hydrogen-bond acceptors (Lipinski definition) is 3. The van der Waals surface area contributed by atoms with Gasteiger partial charge in [0, 0.05) is 29.4 Å². The van der Waals surface area contributed by atoms with E-state index in [9.17, 15) is 14.0 Å². The smallest absolute Gasteiger partial charge is 0.250 e. The molecule has 0 spiro atoms. The Labute approximate surface area is 162 Å². The molecule has 2 amide bonds. The van der Waals surface area contributed by atoms with E-state index in [1.165, 1.54) is 24.6 Å². The molecular weight excluding hydrogens is 369 g/mol. The first-order chi connectivity index (χ1) is 13.0. The minimum atomic E-state index is -0.631. The molecule has 27 heavy (non-hydrogen) atoms. The van der Waals surface area contributed by atoms with Gasteiger partial charge in [-0.1, -0.05) is 17.7 Å². The SMILES string of the molecule is NC(=O)c1cc(N2CCCCC2)ccc1NC(=O)Cc1c(F)cccc1Cl. The number of halogens is 2. The predicted molar refractivity (Wildman–Crippen MR) is 105 cm³/mol. The second-order valence-corrected chi connectivity index (χ2v) is 6.97. The zero-order valence-corrected chi connectivity index (χ0v) is 15.6. The van der Waals surface area contributed by atoms with Gasteiger partial charge in [0.2, 0.25) is 5.91 Å². The van der Waals surface area contributed by atoms with Crippen molar-refractivity contribution < 1.29 is 14.0 Å².